The molecule has 0 fully saturated rings. The van der Waals surface area contributed by atoms with E-state index in [0.29, 0.717) is 28.6 Å². The average molecular weight is 348 g/mol. The van der Waals surface area contributed by atoms with E-state index in [1.165, 1.54) is 0 Å². The molecule has 1 unspecified atom stereocenters. The monoisotopic (exact) mass is 347 g/mol. The third-order valence-electron chi connectivity index (χ3n) is 3.88. The molecule has 2 aromatic rings. The minimum absolute atomic E-state index is 0.0512. The number of amides is 1. The van der Waals surface area contributed by atoms with Crippen molar-refractivity contribution < 1.29 is 14.3 Å². The number of anilines is 1. The van der Waals surface area contributed by atoms with Gasteiger partial charge in [-0.3, -0.25) is 4.79 Å². The van der Waals surface area contributed by atoms with E-state index in [9.17, 15) is 4.79 Å². The van der Waals surface area contributed by atoms with Gasteiger partial charge in [0.15, 0.2) is 11.5 Å². The largest absolute Gasteiger partial charge is 0.493 e. The third kappa shape index (κ3) is 4.42. The second-order valence-corrected chi connectivity index (χ2v) is 6.15. The lowest BCUT2D eigenvalue weighted by Crippen LogP contribution is -2.22. The molecule has 2 aromatic carbocycles. The molecule has 4 nitrogen and oxygen atoms in total. The third-order valence-corrected chi connectivity index (χ3v) is 4.28. The normalized spacial score (nSPS) is 11.7. The van der Waals surface area contributed by atoms with Gasteiger partial charge in [0.1, 0.15) is 0 Å². The molecule has 0 aromatic heterocycles. The van der Waals surface area contributed by atoms with Gasteiger partial charge in [-0.1, -0.05) is 30.7 Å². The molecule has 0 spiro atoms. The molecule has 0 heterocycles. The zero-order valence-electron chi connectivity index (χ0n) is 14.4. The van der Waals surface area contributed by atoms with Gasteiger partial charge < -0.3 is 14.8 Å². The Morgan fingerprint density at radius 3 is 2.46 bits per heavy atom. The number of aryl methyl sites for hydroxylation is 1. The first-order valence-corrected chi connectivity index (χ1v) is 8.10. The molecule has 24 heavy (non-hydrogen) atoms. The van der Waals surface area contributed by atoms with E-state index in [-0.39, 0.29) is 11.8 Å². The first-order valence-electron chi connectivity index (χ1n) is 7.72. The molecule has 2 rings (SSSR count). The Labute approximate surface area is 147 Å². The maximum atomic E-state index is 12.4. The highest BCUT2D eigenvalue weighted by Gasteiger charge is 2.15. The van der Waals surface area contributed by atoms with E-state index in [0.717, 1.165) is 11.1 Å². The van der Waals surface area contributed by atoms with Crippen LogP contribution in [0.15, 0.2) is 36.4 Å². The molecule has 0 bridgehead atoms. The van der Waals surface area contributed by atoms with Crippen molar-refractivity contribution in [2.75, 3.05) is 19.5 Å². The van der Waals surface area contributed by atoms with Gasteiger partial charge in [0.25, 0.3) is 0 Å². The molecule has 0 saturated carbocycles. The number of methoxy groups -OCH3 is 2. The summed E-state index contributed by atoms with van der Waals surface area (Å²) in [5.74, 6) is 1.09. The number of rotatable bonds is 6. The lowest BCUT2D eigenvalue weighted by Gasteiger charge is -2.14. The molecule has 0 saturated heterocycles. The van der Waals surface area contributed by atoms with Crippen LogP contribution in [0.4, 0.5) is 5.69 Å². The Kier molecular flexibility index (Phi) is 6.10. The highest BCUT2D eigenvalue weighted by molar-refractivity contribution is 6.31. The topological polar surface area (TPSA) is 47.6 Å². The van der Waals surface area contributed by atoms with E-state index in [1.807, 2.05) is 44.2 Å². The predicted octanol–water partition coefficient (Wildman–Crippen LogP) is 4.48. The molecule has 0 aliphatic heterocycles. The van der Waals surface area contributed by atoms with Crippen molar-refractivity contribution in [2.45, 2.75) is 20.3 Å². The van der Waals surface area contributed by atoms with Crippen molar-refractivity contribution in [3.8, 4) is 11.5 Å². The average Bonchev–Trinajstić information content (AvgIpc) is 2.57. The molecular formula is C19H22ClNO3. The van der Waals surface area contributed by atoms with Gasteiger partial charge in [-0.05, 0) is 48.7 Å². The molecule has 0 aliphatic rings. The Bertz CT molecular complexity index is 731. The summed E-state index contributed by atoms with van der Waals surface area (Å²) >= 11 is 6.09. The van der Waals surface area contributed by atoms with Crippen molar-refractivity contribution in [3.05, 3.63) is 52.5 Å². The minimum Gasteiger partial charge on any atom is -0.493 e. The molecule has 1 N–H and O–H groups in total. The number of halogens is 1. The molecule has 1 atom stereocenters. The lowest BCUT2D eigenvalue weighted by molar-refractivity contribution is -0.119. The number of hydrogen-bond donors (Lipinski definition) is 1. The van der Waals surface area contributed by atoms with Crippen LogP contribution in [0.3, 0.4) is 0 Å². The van der Waals surface area contributed by atoms with Crippen LogP contribution >= 0.6 is 11.6 Å². The Morgan fingerprint density at radius 1 is 1.12 bits per heavy atom. The van der Waals surface area contributed by atoms with Crippen LogP contribution in [-0.2, 0) is 11.2 Å². The first-order chi connectivity index (χ1) is 11.4. The van der Waals surface area contributed by atoms with Gasteiger partial charge in [0.05, 0.1) is 14.2 Å². The molecule has 0 radical (unpaired) electrons. The Morgan fingerprint density at radius 2 is 1.83 bits per heavy atom. The summed E-state index contributed by atoms with van der Waals surface area (Å²) in [5.41, 5.74) is 2.69. The van der Waals surface area contributed by atoms with Crippen molar-refractivity contribution >= 4 is 23.2 Å². The summed E-state index contributed by atoms with van der Waals surface area (Å²) < 4.78 is 10.5. The second kappa shape index (κ2) is 8.06. The number of nitrogens with one attached hydrogen (secondary N) is 1. The van der Waals surface area contributed by atoms with E-state index in [1.54, 1.807) is 20.3 Å². The number of ether oxygens (including phenoxy) is 2. The second-order valence-electron chi connectivity index (χ2n) is 5.75. The summed E-state index contributed by atoms with van der Waals surface area (Å²) in [4.78, 5) is 12.4. The van der Waals surface area contributed by atoms with Crippen LogP contribution in [-0.4, -0.2) is 20.1 Å². The summed E-state index contributed by atoms with van der Waals surface area (Å²) in [5, 5.41) is 3.54. The molecule has 5 heteroatoms. The molecule has 128 valence electrons. The van der Waals surface area contributed by atoms with Crippen LogP contribution in [0.25, 0.3) is 0 Å². The standard InChI is InChI=1S/C19H22ClNO3/c1-12-5-7-15(11-16(12)20)21-19(22)13(2)9-14-6-8-17(23-3)18(10-14)24-4/h5-8,10-11,13H,9H2,1-4H3,(H,21,22). The maximum Gasteiger partial charge on any atom is 0.227 e. The van der Waals surface area contributed by atoms with Gasteiger partial charge in [0, 0.05) is 16.6 Å². The van der Waals surface area contributed by atoms with E-state index >= 15 is 0 Å². The van der Waals surface area contributed by atoms with Gasteiger partial charge in [-0.2, -0.15) is 0 Å². The lowest BCUT2D eigenvalue weighted by atomic mass is 10.00. The van der Waals surface area contributed by atoms with Gasteiger partial charge in [-0.25, -0.2) is 0 Å². The van der Waals surface area contributed by atoms with Crippen LogP contribution in [0.5, 0.6) is 11.5 Å². The maximum absolute atomic E-state index is 12.4. The van der Waals surface area contributed by atoms with Crippen molar-refractivity contribution in [1.29, 1.82) is 0 Å². The fourth-order valence-corrected chi connectivity index (χ4v) is 2.57. The zero-order valence-corrected chi connectivity index (χ0v) is 15.1. The SMILES string of the molecule is COc1ccc(CC(C)C(=O)Nc2ccc(C)c(Cl)c2)cc1OC. The number of benzene rings is 2. The minimum atomic E-state index is -0.192. The van der Waals surface area contributed by atoms with E-state index < -0.39 is 0 Å². The highest BCUT2D eigenvalue weighted by Crippen LogP contribution is 2.28. The number of hydrogen-bond acceptors (Lipinski definition) is 3. The zero-order chi connectivity index (χ0) is 17.7. The van der Waals surface area contributed by atoms with Gasteiger partial charge in [0.2, 0.25) is 5.91 Å². The molecular weight excluding hydrogens is 326 g/mol. The number of carbonyl (C=O) groups is 1. The molecule has 0 aliphatic carbocycles. The summed E-state index contributed by atoms with van der Waals surface area (Å²) in [6.45, 7) is 3.81. The summed E-state index contributed by atoms with van der Waals surface area (Å²) in [6.07, 6.45) is 0.603. The van der Waals surface area contributed by atoms with Crippen molar-refractivity contribution in [3.63, 3.8) is 0 Å². The first kappa shape index (κ1) is 18.1. The van der Waals surface area contributed by atoms with Crippen LogP contribution in [0.1, 0.15) is 18.1 Å². The number of carbonyl (C=O) groups excluding carboxylic acids is 1. The fraction of sp³-hybridized carbons (Fsp3) is 0.316. The van der Waals surface area contributed by atoms with Crippen LogP contribution in [0.2, 0.25) is 5.02 Å². The summed E-state index contributed by atoms with van der Waals surface area (Å²) in [6, 6.07) is 11.2. The van der Waals surface area contributed by atoms with Crippen LogP contribution < -0.4 is 14.8 Å². The Balaban J connectivity index is 2.04. The van der Waals surface area contributed by atoms with E-state index in [2.05, 4.69) is 5.32 Å². The molecule has 1 amide bonds. The van der Waals surface area contributed by atoms with Crippen molar-refractivity contribution in [1.82, 2.24) is 0 Å². The van der Waals surface area contributed by atoms with Gasteiger partial charge in [-0.15, -0.1) is 0 Å². The summed E-state index contributed by atoms with van der Waals surface area (Å²) in [7, 11) is 3.19. The smallest absolute Gasteiger partial charge is 0.227 e. The van der Waals surface area contributed by atoms with Crippen molar-refractivity contribution in [2.24, 2.45) is 5.92 Å². The van der Waals surface area contributed by atoms with Gasteiger partial charge >= 0.3 is 0 Å². The quantitative estimate of drug-likeness (QED) is 0.837. The highest BCUT2D eigenvalue weighted by atomic mass is 35.5. The predicted molar refractivity (Wildman–Crippen MR) is 97.2 cm³/mol. The van der Waals surface area contributed by atoms with Crippen LogP contribution in [0, 0.1) is 12.8 Å². The fourth-order valence-electron chi connectivity index (χ4n) is 2.39. The van der Waals surface area contributed by atoms with E-state index in [4.69, 9.17) is 21.1 Å². The Hall–Kier alpha value is -2.20.